The van der Waals surface area contributed by atoms with Crippen molar-refractivity contribution in [2.24, 2.45) is 0 Å². The lowest BCUT2D eigenvalue weighted by Crippen LogP contribution is -2.53. The number of rotatable bonds is 5. The number of methoxy groups -OCH3 is 1. The van der Waals surface area contributed by atoms with E-state index in [1.165, 1.54) is 0 Å². The van der Waals surface area contributed by atoms with Gasteiger partial charge >= 0.3 is 0 Å². The van der Waals surface area contributed by atoms with Gasteiger partial charge in [0.25, 0.3) is 0 Å². The van der Waals surface area contributed by atoms with Gasteiger partial charge in [-0.05, 0) is 56.0 Å². The summed E-state index contributed by atoms with van der Waals surface area (Å²) in [5.41, 5.74) is 1.39. The number of fused-ring (bicyclic) bond motifs is 2. The predicted molar refractivity (Wildman–Crippen MR) is 127 cm³/mol. The first-order chi connectivity index (χ1) is 16.4. The number of anilines is 1. The van der Waals surface area contributed by atoms with Crippen molar-refractivity contribution in [3.05, 3.63) is 48.0 Å². The van der Waals surface area contributed by atoms with Crippen LogP contribution in [0.15, 0.2) is 42.5 Å². The van der Waals surface area contributed by atoms with Crippen LogP contribution in [-0.2, 0) is 9.59 Å². The quantitative estimate of drug-likeness (QED) is 0.705. The molecule has 0 aromatic heterocycles. The van der Waals surface area contributed by atoms with E-state index in [0.717, 1.165) is 30.6 Å². The molecule has 5 rings (SSSR count). The van der Waals surface area contributed by atoms with E-state index in [4.69, 9.17) is 14.2 Å². The Hall–Kier alpha value is -3.26. The SMILES string of the molecule is COc1ccc([C@@H]2C[C@]3(C)NC(=O)CCC[C@@H]3N2CC(=O)Nc2ccc3c(c2)OCCO3)cc1. The molecule has 3 heterocycles. The van der Waals surface area contributed by atoms with Crippen LogP contribution in [0, 0.1) is 0 Å². The monoisotopic (exact) mass is 465 g/mol. The van der Waals surface area contributed by atoms with Gasteiger partial charge in [0.1, 0.15) is 19.0 Å². The smallest absolute Gasteiger partial charge is 0.238 e. The van der Waals surface area contributed by atoms with E-state index in [2.05, 4.69) is 22.5 Å². The highest BCUT2D eigenvalue weighted by Gasteiger charge is 2.51. The molecule has 34 heavy (non-hydrogen) atoms. The fourth-order valence-corrected chi connectivity index (χ4v) is 5.54. The molecule has 0 saturated carbocycles. The molecule has 8 heteroatoms. The van der Waals surface area contributed by atoms with Gasteiger partial charge in [0.05, 0.1) is 19.2 Å². The van der Waals surface area contributed by atoms with E-state index in [9.17, 15) is 9.59 Å². The van der Waals surface area contributed by atoms with Gasteiger partial charge in [-0.3, -0.25) is 14.5 Å². The predicted octanol–water partition coefficient (Wildman–Crippen LogP) is 3.28. The molecular formula is C26H31N3O5. The zero-order valence-corrected chi connectivity index (χ0v) is 19.6. The summed E-state index contributed by atoms with van der Waals surface area (Å²) in [6, 6.07) is 13.5. The molecule has 0 bridgehead atoms. The van der Waals surface area contributed by atoms with Crippen LogP contribution >= 0.6 is 0 Å². The zero-order chi connectivity index (χ0) is 23.7. The molecule has 0 spiro atoms. The van der Waals surface area contributed by atoms with E-state index in [0.29, 0.717) is 36.8 Å². The van der Waals surface area contributed by atoms with Crippen LogP contribution < -0.4 is 24.8 Å². The third-order valence-electron chi connectivity index (χ3n) is 7.11. The Morgan fingerprint density at radius 2 is 1.94 bits per heavy atom. The van der Waals surface area contributed by atoms with Gasteiger partial charge < -0.3 is 24.8 Å². The average molecular weight is 466 g/mol. The molecule has 8 nitrogen and oxygen atoms in total. The fraction of sp³-hybridized carbons (Fsp3) is 0.462. The number of carbonyl (C=O) groups excluding carboxylic acids is 2. The number of nitrogens with one attached hydrogen (secondary N) is 2. The van der Waals surface area contributed by atoms with E-state index < -0.39 is 5.54 Å². The van der Waals surface area contributed by atoms with Gasteiger partial charge in [0, 0.05) is 30.3 Å². The lowest BCUT2D eigenvalue weighted by atomic mass is 9.88. The molecule has 0 aliphatic carbocycles. The number of ether oxygens (including phenoxy) is 3. The van der Waals surface area contributed by atoms with Crippen molar-refractivity contribution < 1.29 is 23.8 Å². The Morgan fingerprint density at radius 3 is 2.71 bits per heavy atom. The Bertz CT molecular complexity index is 1070. The third-order valence-corrected chi connectivity index (χ3v) is 7.11. The van der Waals surface area contributed by atoms with E-state index in [1.54, 1.807) is 13.2 Å². The minimum absolute atomic E-state index is 0.00493. The highest BCUT2D eigenvalue weighted by Crippen LogP contribution is 2.45. The minimum atomic E-state index is -0.393. The molecule has 3 aliphatic heterocycles. The minimum Gasteiger partial charge on any atom is -0.497 e. The molecule has 180 valence electrons. The third kappa shape index (κ3) is 4.42. The number of likely N-dealkylation sites (tertiary alicyclic amines) is 1. The highest BCUT2D eigenvalue weighted by molar-refractivity contribution is 5.92. The normalized spacial score (nSPS) is 26.2. The first-order valence-electron chi connectivity index (χ1n) is 11.9. The molecule has 2 saturated heterocycles. The van der Waals surface area contributed by atoms with E-state index in [1.807, 2.05) is 36.4 Å². The molecule has 2 N–H and O–H groups in total. The lowest BCUT2D eigenvalue weighted by molar-refractivity contribution is -0.122. The first kappa shape index (κ1) is 22.5. The van der Waals surface area contributed by atoms with Crippen LogP contribution in [0.2, 0.25) is 0 Å². The van der Waals surface area contributed by atoms with Gasteiger partial charge in [0.2, 0.25) is 11.8 Å². The molecule has 2 fully saturated rings. The Kier molecular flexibility index (Phi) is 6.08. The van der Waals surface area contributed by atoms with Crippen molar-refractivity contribution in [2.45, 2.75) is 50.2 Å². The van der Waals surface area contributed by atoms with Crippen LogP contribution in [-0.4, -0.2) is 55.2 Å². The summed E-state index contributed by atoms with van der Waals surface area (Å²) in [6.07, 6.45) is 2.93. The van der Waals surface area contributed by atoms with Crippen molar-refractivity contribution >= 4 is 17.5 Å². The molecule has 0 radical (unpaired) electrons. The molecular weight excluding hydrogens is 434 g/mol. The number of amides is 2. The maximum Gasteiger partial charge on any atom is 0.238 e. The summed E-state index contributed by atoms with van der Waals surface area (Å²) >= 11 is 0. The summed E-state index contributed by atoms with van der Waals surface area (Å²) in [5.74, 6) is 2.10. The van der Waals surface area contributed by atoms with Crippen LogP contribution in [0.5, 0.6) is 17.2 Å². The maximum atomic E-state index is 13.2. The number of hydrogen-bond acceptors (Lipinski definition) is 6. The molecule has 2 amide bonds. The standard InChI is InChI=1S/C26H31N3O5/c1-26-15-20(17-6-9-19(32-2)10-7-17)29(23(26)4-3-5-24(30)28-26)16-25(31)27-18-8-11-21-22(14-18)34-13-12-33-21/h6-11,14,20,23H,3-5,12-13,15-16H2,1-2H3,(H,27,31)(H,28,30)/t20-,23-,26-/m0/s1. The lowest BCUT2D eigenvalue weighted by Gasteiger charge is -2.34. The number of carbonyl (C=O) groups is 2. The second-order valence-corrected chi connectivity index (χ2v) is 9.45. The zero-order valence-electron chi connectivity index (χ0n) is 19.6. The summed E-state index contributed by atoms with van der Waals surface area (Å²) in [7, 11) is 1.65. The van der Waals surface area contributed by atoms with Gasteiger partial charge in [0.15, 0.2) is 11.5 Å². The van der Waals surface area contributed by atoms with Crippen molar-refractivity contribution in [3.63, 3.8) is 0 Å². The second-order valence-electron chi connectivity index (χ2n) is 9.45. The van der Waals surface area contributed by atoms with Gasteiger partial charge in [-0.25, -0.2) is 0 Å². The number of hydrogen-bond donors (Lipinski definition) is 2. The number of nitrogens with zero attached hydrogens (tertiary/aromatic N) is 1. The van der Waals surface area contributed by atoms with E-state index >= 15 is 0 Å². The van der Waals surface area contributed by atoms with Gasteiger partial charge in [-0.2, -0.15) is 0 Å². The van der Waals surface area contributed by atoms with Crippen LogP contribution in [0.4, 0.5) is 5.69 Å². The molecule has 3 atom stereocenters. The summed E-state index contributed by atoms with van der Waals surface area (Å²) in [4.78, 5) is 27.9. The fourth-order valence-electron chi connectivity index (χ4n) is 5.54. The number of benzene rings is 2. The topological polar surface area (TPSA) is 89.1 Å². The molecule has 2 aromatic carbocycles. The first-order valence-corrected chi connectivity index (χ1v) is 11.9. The highest BCUT2D eigenvalue weighted by atomic mass is 16.6. The van der Waals surface area contributed by atoms with Gasteiger partial charge in [-0.15, -0.1) is 0 Å². The summed E-state index contributed by atoms with van der Waals surface area (Å²) in [5, 5.41) is 6.28. The van der Waals surface area contributed by atoms with Crippen molar-refractivity contribution in [2.75, 3.05) is 32.2 Å². The largest absolute Gasteiger partial charge is 0.497 e. The molecule has 2 aromatic rings. The van der Waals surface area contributed by atoms with Gasteiger partial charge in [-0.1, -0.05) is 12.1 Å². The van der Waals surface area contributed by atoms with Crippen LogP contribution in [0.3, 0.4) is 0 Å². The Labute approximate surface area is 199 Å². The Morgan fingerprint density at radius 1 is 1.18 bits per heavy atom. The Balaban J connectivity index is 1.38. The maximum absolute atomic E-state index is 13.2. The van der Waals surface area contributed by atoms with Crippen molar-refractivity contribution in [1.29, 1.82) is 0 Å². The summed E-state index contributed by atoms with van der Waals surface area (Å²) in [6.45, 7) is 3.35. The average Bonchev–Trinajstić information content (AvgIpc) is 2.99. The van der Waals surface area contributed by atoms with Crippen molar-refractivity contribution in [1.82, 2.24) is 10.2 Å². The van der Waals surface area contributed by atoms with Crippen molar-refractivity contribution in [3.8, 4) is 17.2 Å². The van der Waals surface area contributed by atoms with E-state index in [-0.39, 0.29) is 30.4 Å². The second kappa shape index (κ2) is 9.18. The molecule has 0 unspecified atom stereocenters. The molecule has 3 aliphatic rings. The summed E-state index contributed by atoms with van der Waals surface area (Å²) < 4.78 is 16.5. The van der Waals surface area contributed by atoms with Crippen LogP contribution in [0.25, 0.3) is 0 Å². The van der Waals surface area contributed by atoms with Crippen LogP contribution in [0.1, 0.15) is 44.2 Å².